The normalized spacial score (nSPS) is 15.8. The number of amides is 2. The highest BCUT2D eigenvalue weighted by Crippen LogP contribution is 2.33. The Morgan fingerprint density at radius 3 is 2.54 bits per heavy atom. The minimum atomic E-state index is -0.522. The lowest BCUT2D eigenvalue weighted by Gasteiger charge is -2.11. The fourth-order valence-electron chi connectivity index (χ4n) is 2.27. The summed E-state index contributed by atoms with van der Waals surface area (Å²) in [5.41, 5.74) is 1.02. The zero-order valence-electron chi connectivity index (χ0n) is 13.1. The van der Waals surface area contributed by atoms with Crippen LogP contribution in [0.5, 0.6) is 5.75 Å². The number of imide groups is 1. The summed E-state index contributed by atoms with van der Waals surface area (Å²) >= 11 is 9.76. The van der Waals surface area contributed by atoms with Gasteiger partial charge in [0.25, 0.3) is 11.1 Å². The Morgan fingerprint density at radius 2 is 1.88 bits per heavy atom. The topological polar surface area (TPSA) is 74.7 Å². The number of Topliss-reactive ketones (excluding diaryl/α,β-unsaturated/α-hetero) is 1. The van der Waals surface area contributed by atoms with Gasteiger partial charge in [-0.05, 0) is 75.7 Å². The number of ketones is 1. The van der Waals surface area contributed by atoms with Gasteiger partial charge in [0, 0.05) is 10.6 Å². The van der Waals surface area contributed by atoms with Crippen molar-refractivity contribution in [1.29, 1.82) is 0 Å². The lowest BCUT2D eigenvalue weighted by atomic mass is 10.1. The van der Waals surface area contributed by atoms with Crippen LogP contribution in [0.2, 0.25) is 5.02 Å². The second-order valence-corrected chi connectivity index (χ2v) is 7.69. The first-order valence-electron chi connectivity index (χ1n) is 7.38. The van der Waals surface area contributed by atoms with Crippen LogP contribution in [0, 0.1) is 0 Å². The minimum Gasteiger partial charge on any atom is -0.507 e. The van der Waals surface area contributed by atoms with Crippen LogP contribution in [0.3, 0.4) is 0 Å². The summed E-state index contributed by atoms with van der Waals surface area (Å²) in [4.78, 5) is 38.0. The number of aromatic hydroxyl groups is 1. The monoisotopic (exact) mass is 451 g/mol. The van der Waals surface area contributed by atoms with Gasteiger partial charge in [-0.3, -0.25) is 19.3 Å². The minimum absolute atomic E-state index is 0.0730. The van der Waals surface area contributed by atoms with Crippen LogP contribution in [-0.4, -0.2) is 33.5 Å². The maximum absolute atomic E-state index is 12.5. The summed E-state index contributed by atoms with van der Waals surface area (Å²) in [5, 5.41) is 9.51. The third kappa shape index (κ3) is 4.00. The fourth-order valence-corrected chi connectivity index (χ4v) is 3.63. The highest BCUT2D eigenvalue weighted by Gasteiger charge is 2.36. The van der Waals surface area contributed by atoms with Gasteiger partial charge in [-0.25, -0.2) is 0 Å². The molecule has 0 aromatic heterocycles. The SMILES string of the molecule is O=C(CN1C(=O)S/C(=C/c2ccc(O)c(Br)c2)C1=O)c1ccc(Cl)cc1. The van der Waals surface area contributed by atoms with E-state index in [-0.39, 0.29) is 23.0 Å². The van der Waals surface area contributed by atoms with Crippen molar-refractivity contribution in [2.45, 2.75) is 0 Å². The molecule has 0 aliphatic carbocycles. The van der Waals surface area contributed by atoms with Crippen molar-refractivity contribution in [3.05, 3.63) is 68.0 Å². The molecule has 1 aliphatic rings. The Balaban J connectivity index is 1.78. The Kier molecular flexibility index (Phi) is 5.50. The van der Waals surface area contributed by atoms with E-state index < -0.39 is 11.1 Å². The van der Waals surface area contributed by atoms with Crippen molar-refractivity contribution in [3.8, 4) is 5.75 Å². The first kappa shape index (κ1) is 18.7. The molecule has 0 spiro atoms. The summed E-state index contributed by atoms with van der Waals surface area (Å²) in [6.45, 7) is -0.330. The van der Waals surface area contributed by atoms with Crippen LogP contribution in [0.1, 0.15) is 15.9 Å². The number of benzene rings is 2. The van der Waals surface area contributed by atoms with Crippen LogP contribution >= 0.6 is 39.3 Å². The molecular weight excluding hydrogens is 442 g/mol. The zero-order valence-corrected chi connectivity index (χ0v) is 16.3. The Labute approximate surface area is 166 Å². The maximum Gasteiger partial charge on any atom is 0.293 e. The van der Waals surface area contributed by atoms with Crippen LogP contribution < -0.4 is 0 Å². The van der Waals surface area contributed by atoms with Crippen molar-refractivity contribution in [3.63, 3.8) is 0 Å². The molecule has 2 amide bonds. The average Bonchev–Trinajstić information content (AvgIpc) is 2.86. The van der Waals surface area contributed by atoms with Crippen molar-refractivity contribution >= 4 is 62.3 Å². The number of hydrogen-bond donors (Lipinski definition) is 1. The molecule has 2 aromatic carbocycles. The standard InChI is InChI=1S/C18H11BrClNO4S/c19-13-7-10(1-6-14(13)22)8-16-17(24)21(18(25)26-16)9-15(23)11-2-4-12(20)5-3-11/h1-8,22H,9H2/b16-8+. The molecular formula is C18H11BrClNO4S. The van der Waals surface area contributed by atoms with Gasteiger partial charge in [0.2, 0.25) is 0 Å². The van der Waals surface area contributed by atoms with Gasteiger partial charge in [0.05, 0.1) is 15.9 Å². The molecule has 1 N–H and O–H groups in total. The molecule has 0 saturated carbocycles. The number of carbonyl (C=O) groups excluding carboxylic acids is 3. The molecule has 0 atom stereocenters. The Morgan fingerprint density at radius 1 is 1.19 bits per heavy atom. The van der Waals surface area contributed by atoms with Gasteiger partial charge >= 0.3 is 0 Å². The predicted molar refractivity (Wildman–Crippen MR) is 104 cm³/mol. The number of thioether (sulfide) groups is 1. The van der Waals surface area contributed by atoms with Gasteiger partial charge in [0.15, 0.2) is 5.78 Å². The number of halogens is 2. The van der Waals surface area contributed by atoms with E-state index in [9.17, 15) is 19.5 Å². The molecule has 0 bridgehead atoms. The number of hydrogen-bond acceptors (Lipinski definition) is 5. The number of carbonyl (C=O) groups is 3. The number of phenols is 1. The fraction of sp³-hybridized carbons (Fsp3) is 0.0556. The molecule has 0 radical (unpaired) electrons. The average molecular weight is 453 g/mol. The van der Waals surface area contributed by atoms with E-state index in [4.69, 9.17) is 11.6 Å². The van der Waals surface area contributed by atoms with Crippen LogP contribution in [0.25, 0.3) is 6.08 Å². The van der Waals surface area contributed by atoms with E-state index in [0.717, 1.165) is 16.7 Å². The third-order valence-corrected chi connectivity index (χ3v) is 5.41. The summed E-state index contributed by atoms with van der Waals surface area (Å²) in [6.07, 6.45) is 1.54. The molecule has 132 valence electrons. The smallest absolute Gasteiger partial charge is 0.293 e. The summed E-state index contributed by atoms with van der Waals surface area (Å²) in [7, 11) is 0. The molecule has 1 fully saturated rings. The highest BCUT2D eigenvalue weighted by molar-refractivity contribution is 9.10. The number of nitrogens with zero attached hydrogens (tertiary/aromatic N) is 1. The second kappa shape index (κ2) is 7.65. The number of phenolic OH excluding ortho intramolecular Hbond substituents is 1. The molecule has 1 saturated heterocycles. The third-order valence-electron chi connectivity index (χ3n) is 3.61. The molecule has 0 unspecified atom stereocenters. The highest BCUT2D eigenvalue weighted by atomic mass is 79.9. The molecule has 26 heavy (non-hydrogen) atoms. The predicted octanol–water partition coefficient (Wildman–Crippen LogP) is 4.73. The van der Waals surface area contributed by atoms with E-state index >= 15 is 0 Å². The van der Waals surface area contributed by atoms with Gasteiger partial charge < -0.3 is 5.11 Å². The maximum atomic E-state index is 12.5. The summed E-state index contributed by atoms with van der Waals surface area (Å²) in [6, 6.07) is 11.0. The van der Waals surface area contributed by atoms with Crippen molar-refractivity contribution in [2.24, 2.45) is 0 Å². The van der Waals surface area contributed by atoms with Gasteiger partial charge in [-0.2, -0.15) is 0 Å². The van der Waals surface area contributed by atoms with Gasteiger partial charge in [-0.15, -0.1) is 0 Å². The van der Waals surface area contributed by atoms with Crippen LogP contribution in [-0.2, 0) is 4.79 Å². The van der Waals surface area contributed by atoms with Crippen molar-refractivity contribution in [1.82, 2.24) is 4.90 Å². The van der Waals surface area contributed by atoms with Crippen molar-refractivity contribution in [2.75, 3.05) is 6.54 Å². The van der Waals surface area contributed by atoms with E-state index in [0.29, 0.717) is 20.6 Å². The molecule has 1 heterocycles. The van der Waals surface area contributed by atoms with Crippen molar-refractivity contribution < 1.29 is 19.5 Å². The molecule has 8 heteroatoms. The van der Waals surface area contributed by atoms with E-state index in [1.807, 2.05) is 0 Å². The zero-order chi connectivity index (χ0) is 18.8. The number of rotatable bonds is 4. The lowest BCUT2D eigenvalue weighted by Crippen LogP contribution is -2.33. The Bertz CT molecular complexity index is 943. The lowest BCUT2D eigenvalue weighted by molar-refractivity contribution is -0.122. The Hall–Kier alpha value is -2.09. The van der Waals surface area contributed by atoms with E-state index in [2.05, 4.69) is 15.9 Å². The summed E-state index contributed by atoms with van der Waals surface area (Å²) in [5.74, 6) is -0.798. The largest absolute Gasteiger partial charge is 0.507 e. The van der Waals surface area contributed by atoms with E-state index in [1.54, 1.807) is 42.5 Å². The first-order chi connectivity index (χ1) is 12.3. The quantitative estimate of drug-likeness (QED) is 0.536. The molecule has 5 nitrogen and oxygen atoms in total. The molecule has 3 rings (SSSR count). The molecule has 1 aliphatic heterocycles. The van der Waals surface area contributed by atoms with Gasteiger partial charge in [-0.1, -0.05) is 17.7 Å². The first-order valence-corrected chi connectivity index (χ1v) is 9.36. The van der Waals surface area contributed by atoms with Crippen LogP contribution in [0.15, 0.2) is 51.8 Å². The van der Waals surface area contributed by atoms with E-state index in [1.165, 1.54) is 6.07 Å². The molecule has 2 aromatic rings. The summed E-state index contributed by atoms with van der Waals surface area (Å²) < 4.78 is 0.475. The second-order valence-electron chi connectivity index (χ2n) is 5.41. The van der Waals surface area contributed by atoms with Gasteiger partial charge in [0.1, 0.15) is 5.75 Å². The van der Waals surface area contributed by atoms with Crippen LogP contribution in [0.4, 0.5) is 4.79 Å².